The molecule has 0 saturated carbocycles. The fourth-order valence-corrected chi connectivity index (χ4v) is 2.98. The molecule has 0 saturated heterocycles. The van der Waals surface area contributed by atoms with Gasteiger partial charge >= 0.3 is 0 Å². The zero-order valence-corrected chi connectivity index (χ0v) is 11.2. The van der Waals surface area contributed by atoms with Crippen molar-refractivity contribution in [3.05, 3.63) is 35.9 Å². The summed E-state index contributed by atoms with van der Waals surface area (Å²) < 4.78 is 25.5. The van der Waals surface area contributed by atoms with Crippen LogP contribution in [0.3, 0.4) is 0 Å². The molecule has 0 atom stereocenters. The van der Waals surface area contributed by atoms with Crippen molar-refractivity contribution in [2.24, 2.45) is 0 Å². The normalized spacial score (nSPS) is 13.0. The molecule has 96 valence electrons. The third-order valence-electron chi connectivity index (χ3n) is 2.85. The van der Waals surface area contributed by atoms with Gasteiger partial charge in [-0.2, -0.15) is 4.31 Å². The minimum atomic E-state index is -3.41. The first-order valence-corrected chi connectivity index (χ1v) is 7.02. The van der Waals surface area contributed by atoms with Gasteiger partial charge in [-0.05, 0) is 19.4 Å². The van der Waals surface area contributed by atoms with Crippen molar-refractivity contribution in [1.29, 1.82) is 0 Å². The van der Waals surface area contributed by atoms with Crippen LogP contribution in [0, 0.1) is 0 Å². The molecule has 0 aliphatic carbocycles. The van der Waals surface area contributed by atoms with Gasteiger partial charge in [-0.3, -0.25) is 0 Å². The van der Waals surface area contributed by atoms with E-state index in [4.69, 9.17) is 0 Å². The van der Waals surface area contributed by atoms with Gasteiger partial charge in [0, 0.05) is 7.05 Å². The molecular formula is C12H19NO3S. The Labute approximate surface area is 103 Å². The quantitative estimate of drug-likeness (QED) is 0.863. The third-order valence-corrected chi connectivity index (χ3v) is 4.88. The van der Waals surface area contributed by atoms with Crippen LogP contribution in [0.15, 0.2) is 30.3 Å². The Kier molecular flexibility index (Phi) is 4.30. The van der Waals surface area contributed by atoms with E-state index in [0.29, 0.717) is 0 Å². The predicted molar refractivity (Wildman–Crippen MR) is 68.0 cm³/mol. The molecule has 0 aromatic heterocycles. The average molecular weight is 257 g/mol. The zero-order valence-electron chi connectivity index (χ0n) is 10.4. The van der Waals surface area contributed by atoms with Crippen molar-refractivity contribution in [2.45, 2.75) is 25.1 Å². The Bertz CT molecular complexity index is 454. The van der Waals surface area contributed by atoms with Crippen molar-refractivity contribution in [3.8, 4) is 0 Å². The van der Waals surface area contributed by atoms with Crippen molar-refractivity contribution in [3.63, 3.8) is 0 Å². The second-order valence-corrected chi connectivity index (χ2v) is 6.68. The number of sulfonamides is 1. The van der Waals surface area contributed by atoms with Gasteiger partial charge in [-0.15, -0.1) is 0 Å². The van der Waals surface area contributed by atoms with E-state index in [0.717, 1.165) is 5.56 Å². The van der Waals surface area contributed by atoms with Crippen LogP contribution in [-0.2, 0) is 15.8 Å². The van der Waals surface area contributed by atoms with E-state index in [9.17, 15) is 13.5 Å². The molecule has 1 N–H and O–H groups in total. The molecule has 17 heavy (non-hydrogen) atoms. The minimum absolute atomic E-state index is 0.0478. The summed E-state index contributed by atoms with van der Waals surface area (Å²) in [5, 5.41) is 9.19. The average Bonchev–Trinajstić information content (AvgIpc) is 2.28. The van der Waals surface area contributed by atoms with Gasteiger partial charge in [0.1, 0.15) is 0 Å². The number of aliphatic hydroxyl groups excluding tert-OH is 1. The van der Waals surface area contributed by atoms with Crippen molar-refractivity contribution >= 4 is 10.0 Å². The first-order chi connectivity index (χ1) is 7.79. The summed E-state index contributed by atoms with van der Waals surface area (Å²) in [5.41, 5.74) is -0.0405. The number of rotatable bonds is 5. The highest BCUT2D eigenvalue weighted by molar-refractivity contribution is 7.88. The van der Waals surface area contributed by atoms with Crippen LogP contribution < -0.4 is 0 Å². The van der Waals surface area contributed by atoms with Crippen LogP contribution in [0.4, 0.5) is 0 Å². The van der Waals surface area contributed by atoms with Crippen molar-refractivity contribution in [1.82, 2.24) is 4.31 Å². The summed E-state index contributed by atoms with van der Waals surface area (Å²) in [6.07, 6.45) is 0. The Morgan fingerprint density at radius 1 is 1.24 bits per heavy atom. The Morgan fingerprint density at radius 3 is 2.24 bits per heavy atom. The SMILES string of the molecule is CN(C(C)(C)CO)S(=O)(=O)Cc1ccccc1. The molecule has 0 bridgehead atoms. The summed E-state index contributed by atoms with van der Waals surface area (Å²) in [6, 6.07) is 9.01. The largest absolute Gasteiger partial charge is 0.394 e. The van der Waals surface area contributed by atoms with Crippen molar-refractivity contribution < 1.29 is 13.5 Å². The first-order valence-electron chi connectivity index (χ1n) is 5.41. The molecule has 1 rings (SSSR count). The van der Waals surface area contributed by atoms with Crippen LogP contribution >= 0.6 is 0 Å². The van der Waals surface area contributed by atoms with E-state index in [1.807, 2.05) is 18.2 Å². The maximum atomic E-state index is 12.1. The maximum Gasteiger partial charge on any atom is 0.218 e. The van der Waals surface area contributed by atoms with E-state index in [2.05, 4.69) is 0 Å². The lowest BCUT2D eigenvalue weighted by molar-refractivity contribution is 0.138. The molecule has 0 spiro atoms. The van der Waals surface area contributed by atoms with Gasteiger partial charge in [0.25, 0.3) is 0 Å². The van der Waals surface area contributed by atoms with Gasteiger partial charge in [-0.1, -0.05) is 30.3 Å². The highest BCUT2D eigenvalue weighted by atomic mass is 32.2. The molecule has 0 aliphatic rings. The number of benzene rings is 1. The summed E-state index contributed by atoms with van der Waals surface area (Å²) in [5.74, 6) is -0.0478. The van der Waals surface area contributed by atoms with Crippen LogP contribution in [0.25, 0.3) is 0 Å². The van der Waals surface area contributed by atoms with E-state index >= 15 is 0 Å². The van der Waals surface area contributed by atoms with Crippen LogP contribution in [-0.4, -0.2) is 37.0 Å². The van der Waals surface area contributed by atoms with E-state index < -0.39 is 15.6 Å². The Balaban J connectivity index is 2.90. The molecule has 1 aromatic carbocycles. The molecule has 4 nitrogen and oxygen atoms in total. The van der Waals surface area contributed by atoms with E-state index in [-0.39, 0.29) is 12.4 Å². The highest BCUT2D eigenvalue weighted by Crippen LogP contribution is 2.19. The summed E-state index contributed by atoms with van der Waals surface area (Å²) in [6.45, 7) is 3.17. The smallest absolute Gasteiger partial charge is 0.218 e. The molecule has 0 aliphatic heterocycles. The summed E-state index contributed by atoms with van der Waals surface area (Å²) in [4.78, 5) is 0. The first kappa shape index (κ1) is 14.2. The lowest BCUT2D eigenvalue weighted by Crippen LogP contribution is -2.47. The molecule has 0 heterocycles. The van der Waals surface area contributed by atoms with E-state index in [1.165, 1.54) is 11.4 Å². The second-order valence-electron chi connectivity index (χ2n) is 4.68. The lowest BCUT2D eigenvalue weighted by atomic mass is 10.1. The molecule has 0 amide bonds. The molecule has 5 heteroatoms. The fourth-order valence-electron chi connectivity index (χ4n) is 1.36. The van der Waals surface area contributed by atoms with Gasteiger partial charge in [0.15, 0.2) is 0 Å². The summed E-state index contributed by atoms with van der Waals surface area (Å²) >= 11 is 0. The highest BCUT2D eigenvalue weighted by Gasteiger charge is 2.32. The standard InChI is InChI=1S/C12H19NO3S/c1-12(2,10-14)13(3)17(15,16)9-11-7-5-4-6-8-11/h4-8,14H,9-10H2,1-3H3. The Morgan fingerprint density at radius 2 is 1.76 bits per heavy atom. The minimum Gasteiger partial charge on any atom is -0.394 e. The second kappa shape index (κ2) is 5.16. The zero-order chi connectivity index (χ0) is 13.1. The number of nitrogens with zero attached hydrogens (tertiary/aromatic N) is 1. The molecule has 1 aromatic rings. The number of hydrogen-bond acceptors (Lipinski definition) is 3. The maximum absolute atomic E-state index is 12.1. The van der Waals surface area contributed by atoms with Gasteiger partial charge in [0.05, 0.1) is 17.9 Å². The van der Waals surface area contributed by atoms with Crippen molar-refractivity contribution in [2.75, 3.05) is 13.7 Å². The predicted octanol–water partition coefficient (Wildman–Crippen LogP) is 1.22. The number of aliphatic hydroxyl groups is 1. The molecular weight excluding hydrogens is 238 g/mol. The molecule has 0 radical (unpaired) electrons. The fraction of sp³-hybridized carbons (Fsp3) is 0.500. The topological polar surface area (TPSA) is 57.6 Å². The van der Waals surface area contributed by atoms with Crippen LogP contribution in [0.5, 0.6) is 0 Å². The van der Waals surface area contributed by atoms with Gasteiger partial charge in [0.2, 0.25) is 10.0 Å². The van der Waals surface area contributed by atoms with Gasteiger partial charge in [-0.25, -0.2) is 8.42 Å². The van der Waals surface area contributed by atoms with Gasteiger partial charge < -0.3 is 5.11 Å². The number of likely N-dealkylation sites (N-methyl/N-ethyl adjacent to an activating group) is 1. The monoisotopic (exact) mass is 257 g/mol. The lowest BCUT2D eigenvalue weighted by Gasteiger charge is -2.32. The number of hydrogen-bond donors (Lipinski definition) is 1. The molecule has 0 unspecified atom stereocenters. The van der Waals surface area contributed by atoms with E-state index in [1.54, 1.807) is 26.0 Å². The molecule has 0 fully saturated rings. The van der Waals surface area contributed by atoms with Crippen LogP contribution in [0.1, 0.15) is 19.4 Å². The summed E-state index contributed by atoms with van der Waals surface area (Å²) in [7, 11) is -1.92. The Hall–Kier alpha value is -0.910. The van der Waals surface area contributed by atoms with Crippen LogP contribution in [0.2, 0.25) is 0 Å². The third kappa shape index (κ3) is 3.52.